The summed E-state index contributed by atoms with van der Waals surface area (Å²) in [6.45, 7) is 1.63. The van der Waals surface area contributed by atoms with E-state index in [1.54, 1.807) is 6.92 Å². The molecule has 0 aromatic heterocycles. The van der Waals surface area contributed by atoms with E-state index >= 15 is 0 Å². The summed E-state index contributed by atoms with van der Waals surface area (Å²) < 4.78 is 0. The smallest absolute Gasteiger partial charge is 0.271 e. The van der Waals surface area contributed by atoms with Gasteiger partial charge in [-0.15, -0.1) is 0 Å². The van der Waals surface area contributed by atoms with Crippen molar-refractivity contribution in [1.82, 2.24) is 5.32 Å². The summed E-state index contributed by atoms with van der Waals surface area (Å²) in [5.41, 5.74) is -0.418. The monoisotopic (exact) mass is 301 g/mol. The largest absolute Gasteiger partial charge is 0.348 e. The lowest BCUT2D eigenvalue weighted by atomic mass is 10.1. The van der Waals surface area contributed by atoms with Crippen molar-refractivity contribution in [1.29, 1.82) is 5.26 Å². The van der Waals surface area contributed by atoms with Gasteiger partial charge in [0.25, 0.3) is 11.6 Å². The summed E-state index contributed by atoms with van der Waals surface area (Å²) >= 11 is 11.6. The molecule has 0 aliphatic heterocycles. The van der Waals surface area contributed by atoms with Crippen LogP contribution in [0.4, 0.5) is 5.69 Å². The van der Waals surface area contributed by atoms with E-state index in [0.717, 1.165) is 12.1 Å². The third-order valence-corrected chi connectivity index (χ3v) is 3.05. The molecule has 19 heavy (non-hydrogen) atoms. The van der Waals surface area contributed by atoms with Crippen LogP contribution >= 0.6 is 23.2 Å². The van der Waals surface area contributed by atoms with Crippen molar-refractivity contribution >= 4 is 34.8 Å². The van der Waals surface area contributed by atoms with Crippen LogP contribution in [0.2, 0.25) is 10.0 Å². The lowest BCUT2D eigenvalue weighted by Gasteiger charge is -2.11. The highest BCUT2D eigenvalue weighted by Crippen LogP contribution is 2.30. The molecule has 1 unspecified atom stereocenters. The van der Waals surface area contributed by atoms with E-state index < -0.39 is 16.9 Å². The maximum absolute atomic E-state index is 11.9. The van der Waals surface area contributed by atoms with Crippen LogP contribution < -0.4 is 5.32 Å². The lowest BCUT2D eigenvalue weighted by molar-refractivity contribution is -0.384. The van der Waals surface area contributed by atoms with Gasteiger partial charge in [0, 0.05) is 18.2 Å². The molecule has 1 aromatic rings. The number of rotatable bonds is 4. The Bertz CT molecular complexity index is 569. The molecule has 1 amide bonds. The summed E-state index contributed by atoms with van der Waals surface area (Å²) in [7, 11) is 0. The Morgan fingerprint density at radius 2 is 2.21 bits per heavy atom. The van der Waals surface area contributed by atoms with Crippen molar-refractivity contribution in [3.8, 4) is 6.07 Å². The van der Waals surface area contributed by atoms with Crippen molar-refractivity contribution in [2.75, 3.05) is 0 Å². The van der Waals surface area contributed by atoms with E-state index in [4.69, 9.17) is 28.5 Å². The Morgan fingerprint density at radius 3 is 2.74 bits per heavy atom. The molecule has 0 saturated heterocycles. The van der Waals surface area contributed by atoms with Gasteiger partial charge >= 0.3 is 0 Å². The van der Waals surface area contributed by atoms with Crippen LogP contribution in [0, 0.1) is 21.4 Å². The number of nitrogens with one attached hydrogen (secondary N) is 1. The van der Waals surface area contributed by atoms with Crippen molar-refractivity contribution in [2.24, 2.45) is 0 Å². The second-order valence-corrected chi connectivity index (χ2v) is 4.57. The molecule has 6 nitrogen and oxygen atoms in total. The van der Waals surface area contributed by atoms with E-state index in [1.165, 1.54) is 0 Å². The molecule has 1 atom stereocenters. The minimum Gasteiger partial charge on any atom is -0.348 e. The van der Waals surface area contributed by atoms with Gasteiger partial charge < -0.3 is 5.32 Å². The van der Waals surface area contributed by atoms with Crippen molar-refractivity contribution in [2.45, 2.75) is 19.4 Å². The topological polar surface area (TPSA) is 96.0 Å². The van der Waals surface area contributed by atoms with Gasteiger partial charge in [-0.05, 0) is 6.92 Å². The summed E-state index contributed by atoms with van der Waals surface area (Å²) in [5.74, 6) is -0.613. The normalized spacial score (nSPS) is 11.5. The van der Waals surface area contributed by atoms with E-state index in [0.29, 0.717) is 0 Å². The molecule has 0 saturated carbocycles. The van der Waals surface area contributed by atoms with Crippen LogP contribution in [0.1, 0.15) is 23.7 Å². The lowest BCUT2D eigenvalue weighted by Crippen LogP contribution is -2.32. The first-order valence-corrected chi connectivity index (χ1v) is 5.93. The summed E-state index contributed by atoms with van der Waals surface area (Å²) in [6.07, 6.45) is 0.117. The number of carbonyl (C=O) groups is 1. The molecule has 1 N–H and O–H groups in total. The fourth-order valence-corrected chi connectivity index (χ4v) is 1.74. The van der Waals surface area contributed by atoms with E-state index in [1.807, 2.05) is 6.07 Å². The first-order chi connectivity index (χ1) is 8.86. The maximum Gasteiger partial charge on any atom is 0.271 e. The predicted molar refractivity (Wildman–Crippen MR) is 70.3 cm³/mol. The molecule has 0 fully saturated rings. The molecule has 0 aliphatic rings. The zero-order valence-electron chi connectivity index (χ0n) is 9.81. The Labute approximate surface area is 119 Å². The van der Waals surface area contributed by atoms with E-state index in [-0.39, 0.29) is 27.7 Å². The number of nitro benzene ring substituents is 1. The van der Waals surface area contributed by atoms with Gasteiger partial charge in [-0.25, -0.2) is 0 Å². The zero-order valence-corrected chi connectivity index (χ0v) is 11.3. The van der Waals surface area contributed by atoms with E-state index in [2.05, 4.69) is 5.32 Å². The maximum atomic E-state index is 11.9. The van der Waals surface area contributed by atoms with Crippen LogP contribution in [0.25, 0.3) is 0 Å². The third-order valence-electron chi connectivity index (χ3n) is 2.24. The number of benzene rings is 1. The number of nitro groups is 1. The number of hydrogen-bond acceptors (Lipinski definition) is 4. The second-order valence-electron chi connectivity index (χ2n) is 3.78. The second kappa shape index (κ2) is 6.36. The quantitative estimate of drug-likeness (QED) is 0.683. The van der Waals surface area contributed by atoms with Gasteiger partial charge in [0.15, 0.2) is 0 Å². The summed E-state index contributed by atoms with van der Waals surface area (Å²) in [6, 6.07) is 3.61. The average Bonchev–Trinajstić information content (AvgIpc) is 2.32. The average molecular weight is 302 g/mol. The van der Waals surface area contributed by atoms with Crippen LogP contribution in [0.15, 0.2) is 12.1 Å². The molecule has 1 rings (SSSR count). The Hall–Kier alpha value is -1.84. The van der Waals surface area contributed by atoms with Gasteiger partial charge in [-0.2, -0.15) is 5.26 Å². The molecule has 1 aromatic carbocycles. The number of amides is 1. The van der Waals surface area contributed by atoms with Gasteiger partial charge in [0.05, 0.1) is 33.0 Å². The molecular formula is C11H9Cl2N3O3. The number of hydrogen-bond donors (Lipinski definition) is 1. The summed E-state index contributed by atoms with van der Waals surface area (Å²) in [5, 5.41) is 21.6. The number of nitrogens with zero attached hydrogens (tertiary/aromatic N) is 2. The Kier molecular flexibility index (Phi) is 5.10. The molecule has 0 aliphatic carbocycles. The van der Waals surface area contributed by atoms with Crippen molar-refractivity contribution < 1.29 is 9.72 Å². The third kappa shape index (κ3) is 3.81. The molecular weight excluding hydrogens is 293 g/mol. The first kappa shape index (κ1) is 15.2. The number of halogens is 2. The summed E-state index contributed by atoms with van der Waals surface area (Å²) in [4.78, 5) is 21.9. The minimum absolute atomic E-state index is 0.0612. The highest BCUT2D eigenvalue weighted by Gasteiger charge is 2.20. The fraction of sp³-hybridized carbons (Fsp3) is 0.273. The highest BCUT2D eigenvalue weighted by atomic mass is 35.5. The van der Waals surface area contributed by atoms with Crippen molar-refractivity contribution in [3.05, 3.63) is 37.9 Å². The molecule has 100 valence electrons. The van der Waals surface area contributed by atoms with Crippen LogP contribution in [-0.4, -0.2) is 16.9 Å². The van der Waals surface area contributed by atoms with Crippen LogP contribution in [0.5, 0.6) is 0 Å². The van der Waals surface area contributed by atoms with Gasteiger partial charge in [-0.1, -0.05) is 23.2 Å². The molecule has 0 radical (unpaired) electrons. The van der Waals surface area contributed by atoms with Crippen LogP contribution in [-0.2, 0) is 0 Å². The highest BCUT2D eigenvalue weighted by molar-refractivity contribution is 6.44. The molecule has 0 bridgehead atoms. The number of nitriles is 1. The fourth-order valence-electron chi connectivity index (χ4n) is 1.33. The molecule has 8 heteroatoms. The zero-order chi connectivity index (χ0) is 14.6. The van der Waals surface area contributed by atoms with Crippen molar-refractivity contribution in [3.63, 3.8) is 0 Å². The predicted octanol–water partition coefficient (Wildman–Crippen LogP) is 2.93. The minimum atomic E-state index is -0.669. The van der Waals surface area contributed by atoms with Crippen LogP contribution in [0.3, 0.4) is 0 Å². The Balaban J connectivity index is 3.09. The first-order valence-electron chi connectivity index (χ1n) is 5.18. The number of carbonyl (C=O) groups excluding carboxylic acids is 1. The molecule has 0 heterocycles. The van der Waals surface area contributed by atoms with Gasteiger partial charge in [-0.3, -0.25) is 14.9 Å². The SMILES string of the molecule is CC(CC#N)NC(=O)c1cc([N+](=O)[O-])cc(Cl)c1Cl. The molecule has 0 spiro atoms. The standard InChI is InChI=1S/C11H9Cl2N3O3/c1-6(2-3-14)15-11(17)8-4-7(16(18)19)5-9(12)10(8)13/h4-6H,2H2,1H3,(H,15,17). The van der Waals surface area contributed by atoms with Gasteiger partial charge in [0.1, 0.15) is 0 Å². The van der Waals surface area contributed by atoms with Gasteiger partial charge in [0.2, 0.25) is 0 Å². The van der Waals surface area contributed by atoms with E-state index in [9.17, 15) is 14.9 Å². The number of non-ortho nitro benzene ring substituents is 1. The Morgan fingerprint density at radius 1 is 1.58 bits per heavy atom.